The molecule has 0 saturated carbocycles. The summed E-state index contributed by atoms with van der Waals surface area (Å²) in [7, 11) is 3.24. The Morgan fingerprint density at radius 3 is 2.19 bits per heavy atom. The van der Waals surface area contributed by atoms with E-state index in [9.17, 15) is 9.59 Å². The van der Waals surface area contributed by atoms with Crippen molar-refractivity contribution in [2.45, 2.75) is 31.7 Å². The van der Waals surface area contributed by atoms with Crippen LogP contribution < -0.4 is 14.8 Å². The summed E-state index contributed by atoms with van der Waals surface area (Å²) in [5.74, 6) is 1.28. The van der Waals surface area contributed by atoms with E-state index in [2.05, 4.69) is 5.32 Å². The van der Waals surface area contributed by atoms with Crippen LogP contribution >= 0.6 is 11.8 Å². The summed E-state index contributed by atoms with van der Waals surface area (Å²) in [6, 6.07) is 15.2. The molecule has 1 fully saturated rings. The van der Waals surface area contributed by atoms with Crippen LogP contribution in [0.4, 0.5) is 0 Å². The van der Waals surface area contributed by atoms with Crippen LogP contribution in [0.1, 0.15) is 24.5 Å². The van der Waals surface area contributed by atoms with E-state index < -0.39 is 5.25 Å². The molecule has 31 heavy (non-hydrogen) atoms. The Kier molecular flexibility index (Phi) is 7.94. The van der Waals surface area contributed by atoms with Gasteiger partial charge >= 0.3 is 0 Å². The van der Waals surface area contributed by atoms with Gasteiger partial charge in [-0.15, -0.1) is 0 Å². The van der Waals surface area contributed by atoms with Gasteiger partial charge in [-0.3, -0.25) is 19.5 Å². The van der Waals surface area contributed by atoms with Gasteiger partial charge in [0.25, 0.3) is 0 Å². The van der Waals surface area contributed by atoms with Crippen molar-refractivity contribution >= 4 is 28.7 Å². The van der Waals surface area contributed by atoms with E-state index in [0.717, 1.165) is 22.6 Å². The number of nitrogens with one attached hydrogen (secondary N) is 1. The van der Waals surface area contributed by atoms with Crippen LogP contribution in [0.5, 0.6) is 11.5 Å². The third-order valence-corrected chi connectivity index (χ3v) is 6.06. The van der Waals surface area contributed by atoms with Crippen LogP contribution in [-0.4, -0.2) is 47.9 Å². The molecule has 2 aromatic carbocycles. The fourth-order valence-electron chi connectivity index (χ4n) is 3.12. The number of hydrogen-bond acceptors (Lipinski definition) is 6. The molecule has 0 bridgehead atoms. The second-order valence-corrected chi connectivity index (χ2v) is 8.15. The largest absolute Gasteiger partial charge is 0.497 e. The zero-order valence-corrected chi connectivity index (χ0v) is 18.8. The predicted molar refractivity (Wildman–Crippen MR) is 122 cm³/mol. The molecule has 0 spiro atoms. The minimum absolute atomic E-state index is 0.112. The number of amidine groups is 1. The van der Waals surface area contributed by atoms with Crippen molar-refractivity contribution < 1.29 is 19.1 Å². The van der Waals surface area contributed by atoms with E-state index in [1.165, 1.54) is 11.8 Å². The summed E-state index contributed by atoms with van der Waals surface area (Å²) in [5, 5.41) is 2.88. The molecule has 7 nitrogen and oxygen atoms in total. The first-order valence-electron chi connectivity index (χ1n) is 10.1. The summed E-state index contributed by atoms with van der Waals surface area (Å²) in [6.07, 6.45) is 0.147. The van der Waals surface area contributed by atoms with Gasteiger partial charge in [0.15, 0.2) is 5.17 Å². The van der Waals surface area contributed by atoms with Gasteiger partial charge in [0.1, 0.15) is 11.5 Å². The van der Waals surface area contributed by atoms with E-state index in [0.29, 0.717) is 24.8 Å². The van der Waals surface area contributed by atoms with Gasteiger partial charge in [-0.25, -0.2) is 0 Å². The smallest absolute Gasteiger partial charge is 0.234 e. The molecular formula is C23H27N3O4S. The molecule has 1 aliphatic rings. The van der Waals surface area contributed by atoms with E-state index >= 15 is 0 Å². The van der Waals surface area contributed by atoms with Gasteiger partial charge in [-0.2, -0.15) is 0 Å². The molecule has 1 N–H and O–H groups in total. The van der Waals surface area contributed by atoms with Crippen molar-refractivity contribution in [1.29, 1.82) is 0 Å². The van der Waals surface area contributed by atoms with E-state index in [1.807, 2.05) is 55.5 Å². The highest BCUT2D eigenvalue weighted by Crippen LogP contribution is 2.29. The number of hydrogen-bond donors (Lipinski definition) is 1. The average Bonchev–Trinajstić information content (AvgIpc) is 2.80. The van der Waals surface area contributed by atoms with Crippen molar-refractivity contribution in [3.8, 4) is 11.5 Å². The second kappa shape index (κ2) is 10.9. The topological polar surface area (TPSA) is 80.2 Å². The summed E-state index contributed by atoms with van der Waals surface area (Å²) < 4.78 is 10.4. The number of carbonyl (C=O) groups excluding carboxylic acids is 2. The Labute approximate surface area is 186 Å². The van der Waals surface area contributed by atoms with Crippen molar-refractivity contribution in [3.63, 3.8) is 0 Å². The Morgan fingerprint density at radius 1 is 1.06 bits per heavy atom. The maximum atomic E-state index is 13.0. The molecule has 1 atom stereocenters. The van der Waals surface area contributed by atoms with E-state index in [4.69, 9.17) is 14.5 Å². The normalized spacial score (nSPS) is 17.5. The van der Waals surface area contributed by atoms with Gasteiger partial charge in [0.2, 0.25) is 11.8 Å². The number of aliphatic imine (C=N–C) groups is 1. The lowest BCUT2D eigenvalue weighted by molar-refractivity contribution is -0.130. The first-order chi connectivity index (χ1) is 15.0. The molecule has 1 aliphatic heterocycles. The van der Waals surface area contributed by atoms with E-state index in [1.54, 1.807) is 19.1 Å². The molecular weight excluding hydrogens is 414 g/mol. The molecule has 164 valence electrons. The lowest BCUT2D eigenvalue weighted by atomic mass is 10.2. The van der Waals surface area contributed by atoms with Crippen molar-refractivity contribution in [1.82, 2.24) is 10.2 Å². The first kappa shape index (κ1) is 22.7. The molecule has 2 aromatic rings. The number of benzene rings is 2. The van der Waals surface area contributed by atoms with E-state index in [-0.39, 0.29) is 18.2 Å². The lowest BCUT2D eigenvalue weighted by Gasteiger charge is -2.32. The van der Waals surface area contributed by atoms with Crippen LogP contribution in [0, 0.1) is 0 Å². The van der Waals surface area contributed by atoms with Crippen molar-refractivity contribution in [2.75, 3.05) is 20.8 Å². The Bertz CT molecular complexity index is 929. The van der Waals surface area contributed by atoms with Crippen molar-refractivity contribution in [2.24, 2.45) is 4.99 Å². The van der Waals surface area contributed by atoms with Gasteiger partial charge in [-0.1, -0.05) is 36.0 Å². The van der Waals surface area contributed by atoms with Gasteiger partial charge in [-0.05, 0) is 42.3 Å². The maximum Gasteiger partial charge on any atom is 0.234 e. The standard InChI is InChI=1S/C23H27N3O4S/c1-4-24-22(28)20-13-21(27)26(15-17-7-11-19(30-3)12-8-17)23(31-20)25-14-16-5-9-18(29-2)10-6-16/h5-12,20H,4,13-15H2,1-3H3,(H,24,28)/t20-/m1/s1. The monoisotopic (exact) mass is 441 g/mol. The maximum absolute atomic E-state index is 13.0. The molecule has 0 unspecified atom stereocenters. The van der Waals surface area contributed by atoms with Crippen LogP contribution in [-0.2, 0) is 22.7 Å². The summed E-state index contributed by atoms with van der Waals surface area (Å²) in [5.41, 5.74) is 1.95. The number of thioether (sulfide) groups is 1. The van der Waals surface area contributed by atoms with Crippen molar-refractivity contribution in [3.05, 3.63) is 59.7 Å². The highest BCUT2D eigenvalue weighted by molar-refractivity contribution is 8.15. The fraction of sp³-hybridized carbons (Fsp3) is 0.348. The third-order valence-electron chi connectivity index (χ3n) is 4.84. The number of amides is 2. The second-order valence-electron chi connectivity index (χ2n) is 6.98. The Balaban J connectivity index is 1.82. The SMILES string of the molecule is CCNC(=O)[C@H]1CC(=O)N(Cc2ccc(OC)cc2)C(=NCc2ccc(OC)cc2)S1. The van der Waals surface area contributed by atoms with Crippen LogP contribution in [0.3, 0.4) is 0 Å². The number of methoxy groups -OCH3 is 2. The molecule has 2 amide bonds. The minimum atomic E-state index is -0.478. The Morgan fingerprint density at radius 2 is 1.65 bits per heavy atom. The molecule has 1 saturated heterocycles. The Hall–Kier alpha value is -3.00. The summed E-state index contributed by atoms with van der Waals surface area (Å²) >= 11 is 1.34. The number of carbonyl (C=O) groups is 2. The first-order valence-corrected chi connectivity index (χ1v) is 11.0. The van der Waals surface area contributed by atoms with Gasteiger partial charge < -0.3 is 14.8 Å². The number of nitrogens with zero attached hydrogens (tertiary/aromatic N) is 2. The van der Waals surface area contributed by atoms with Crippen LogP contribution in [0.15, 0.2) is 53.5 Å². The fourth-order valence-corrected chi connectivity index (χ4v) is 4.23. The minimum Gasteiger partial charge on any atom is -0.497 e. The van der Waals surface area contributed by atoms with Crippen LogP contribution in [0.25, 0.3) is 0 Å². The predicted octanol–water partition coefficient (Wildman–Crippen LogP) is 3.23. The number of ether oxygens (including phenoxy) is 2. The summed E-state index contributed by atoms with van der Waals surface area (Å²) in [6.45, 7) is 3.18. The zero-order chi connectivity index (χ0) is 22.2. The van der Waals surface area contributed by atoms with Gasteiger partial charge in [0.05, 0.1) is 32.6 Å². The molecule has 1 heterocycles. The molecule has 0 aromatic heterocycles. The molecule has 0 radical (unpaired) electrons. The number of rotatable bonds is 8. The van der Waals surface area contributed by atoms with Crippen LogP contribution in [0.2, 0.25) is 0 Å². The summed E-state index contributed by atoms with van der Waals surface area (Å²) in [4.78, 5) is 31.7. The zero-order valence-electron chi connectivity index (χ0n) is 18.0. The lowest BCUT2D eigenvalue weighted by Crippen LogP contribution is -2.46. The molecule has 8 heteroatoms. The highest BCUT2D eigenvalue weighted by Gasteiger charge is 2.35. The highest BCUT2D eigenvalue weighted by atomic mass is 32.2. The third kappa shape index (κ3) is 6.01. The average molecular weight is 442 g/mol. The molecule has 0 aliphatic carbocycles. The van der Waals surface area contributed by atoms with Gasteiger partial charge in [0, 0.05) is 13.0 Å². The quantitative estimate of drug-likeness (QED) is 0.680. The molecule has 3 rings (SSSR count).